The quantitative estimate of drug-likeness (QED) is 0.407. The number of amides is 2. The Labute approximate surface area is 219 Å². The highest BCUT2D eigenvalue weighted by molar-refractivity contribution is 7.10. The highest BCUT2D eigenvalue weighted by Crippen LogP contribution is 2.40. The molecule has 1 saturated heterocycles. The van der Waals surface area contributed by atoms with Crippen LogP contribution < -0.4 is 5.32 Å². The van der Waals surface area contributed by atoms with Gasteiger partial charge in [-0.15, -0.1) is 11.3 Å². The Balaban J connectivity index is 1.07. The van der Waals surface area contributed by atoms with Gasteiger partial charge in [-0.2, -0.15) is 10.2 Å². The first kappa shape index (κ1) is 23.6. The largest absolute Gasteiger partial charge is 0.338 e. The molecule has 190 valence electrons. The third-order valence-corrected chi connectivity index (χ3v) is 8.27. The number of thiazole rings is 1. The summed E-state index contributed by atoms with van der Waals surface area (Å²) < 4.78 is 3.53. The van der Waals surface area contributed by atoms with Gasteiger partial charge < -0.3 is 10.2 Å². The lowest BCUT2D eigenvalue weighted by Gasteiger charge is -2.31. The van der Waals surface area contributed by atoms with Crippen molar-refractivity contribution < 1.29 is 9.59 Å². The fourth-order valence-corrected chi connectivity index (χ4v) is 5.87. The van der Waals surface area contributed by atoms with Crippen LogP contribution in [-0.2, 0) is 7.05 Å². The minimum absolute atomic E-state index is 0.0130. The van der Waals surface area contributed by atoms with E-state index in [1.165, 1.54) is 24.2 Å². The number of hydrogen-bond donors (Lipinski definition) is 1. The van der Waals surface area contributed by atoms with E-state index >= 15 is 0 Å². The second kappa shape index (κ2) is 9.59. The van der Waals surface area contributed by atoms with Gasteiger partial charge in [0.15, 0.2) is 0 Å². The van der Waals surface area contributed by atoms with Crippen LogP contribution in [0.3, 0.4) is 0 Å². The summed E-state index contributed by atoms with van der Waals surface area (Å²) in [5.74, 6) is 1.26. The summed E-state index contributed by atoms with van der Waals surface area (Å²) in [5, 5.41) is 14.7. The van der Waals surface area contributed by atoms with E-state index in [9.17, 15) is 9.59 Å². The number of para-hydroxylation sites is 1. The predicted molar refractivity (Wildman–Crippen MR) is 141 cm³/mol. The molecule has 10 heteroatoms. The van der Waals surface area contributed by atoms with Gasteiger partial charge >= 0.3 is 0 Å². The molecule has 2 aliphatic rings. The third-order valence-electron chi connectivity index (χ3n) is 7.26. The second-order valence-electron chi connectivity index (χ2n) is 9.83. The molecule has 0 unspecified atom stereocenters. The van der Waals surface area contributed by atoms with Crippen LogP contribution in [-0.4, -0.2) is 54.3 Å². The summed E-state index contributed by atoms with van der Waals surface area (Å²) >= 11 is 1.52. The molecule has 0 bridgehead atoms. The molecule has 1 aliphatic heterocycles. The molecule has 1 N–H and O–H groups in total. The molecule has 9 nitrogen and oxygen atoms in total. The number of nitrogens with zero attached hydrogens (tertiary/aromatic N) is 6. The van der Waals surface area contributed by atoms with Gasteiger partial charge in [-0.25, -0.2) is 9.67 Å². The number of nitrogens with one attached hydrogen (secondary N) is 1. The molecular weight excluding hydrogens is 486 g/mol. The zero-order chi connectivity index (χ0) is 25.5. The Hall–Kier alpha value is -3.79. The fraction of sp³-hybridized carbons (Fsp3) is 0.370. The first-order valence-corrected chi connectivity index (χ1v) is 13.6. The number of carbonyl (C=O) groups is 2. The molecule has 0 radical (unpaired) electrons. The van der Waals surface area contributed by atoms with Crippen molar-refractivity contribution in [1.29, 1.82) is 0 Å². The van der Waals surface area contributed by atoms with Gasteiger partial charge in [0.2, 0.25) is 0 Å². The summed E-state index contributed by atoms with van der Waals surface area (Å²) in [6, 6.07) is 11.8. The Bertz CT molecular complexity index is 1440. The van der Waals surface area contributed by atoms with Crippen LogP contribution in [0, 0.1) is 6.92 Å². The lowest BCUT2D eigenvalue weighted by Crippen LogP contribution is -2.38. The van der Waals surface area contributed by atoms with Crippen molar-refractivity contribution in [2.45, 2.75) is 44.4 Å². The van der Waals surface area contributed by atoms with Crippen molar-refractivity contribution in [2.24, 2.45) is 7.05 Å². The smallest absolute Gasteiger partial charge is 0.276 e. The molecule has 4 aromatic rings. The van der Waals surface area contributed by atoms with Crippen LogP contribution in [0.15, 0.2) is 48.0 Å². The maximum atomic E-state index is 13.3. The number of piperidine rings is 1. The number of anilines is 1. The van der Waals surface area contributed by atoms with E-state index in [0.29, 0.717) is 36.1 Å². The van der Waals surface area contributed by atoms with Crippen molar-refractivity contribution in [3.63, 3.8) is 0 Å². The molecule has 2 fully saturated rings. The van der Waals surface area contributed by atoms with Gasteiger partial charge in [0, 0.05) is 43.4 Å². The van der Waals surface area contributed by atoms with E-state index in [4.69, 9.17) is 0 Å². The Morgan fingerprint density at radius 1 is 1.05 bits per heavy atom. The van der Waals surface area contributed by atoms with Crippen molar-refractivity contribution in [3.8, 4) is 5.69 Å². The number of hydrogen-bond acceptors (Lipinski definition) is 6. The summed E-state index contributed by atoms with van der Waals surface area (Å²) in [6.45, 7) is 3.24. The molecule has 4 heterocycles. The fourth-order valence-electron chi connectivity index (χ4n) is 4.89. The molecule has 3 aromatic heterocycles. The Morgan fingerprint density at radius 2 is 1.81 bits per heavy atom. The molecule has 1 aliphatic carbocycles. The lowest BCUT2D eigenvalue weighted by molar-refractivity contribution is 0.0712. The topological polar surface area (TPSA) is 97.9 Å². The van der Waals surface area contributed by atoms with Crippen molar-refractivity contribution >= 4 is 29.0 Å². The van der Waals surface area contributed by atoms with Crippen molar-refractivity contribution in [2.75, 3.05) is 18.4 Å². The molecule has 1 saturated carbocycles. The second-order valence-corrected chi connectivity index (χ2v) is 10.7. The van der Waals surface area contributed by atoms with Gasteiger partial charge in [-0.05, 0) is 44.7 Å². The minimum atomic E-state index is -0.216. The highest BCUT2D eigenvalue weighted by Gasteiger charge is 2.29. The van der Waals surface area contributed by atoms with E-state index < -0.39 is 0 Å². The molecule has 0 atom stereocenters. The van der Waals surface area contributed by atoms with Gasteiger partial charge in [-0.3, -0.25) is 14.3 Å². The number of likely N-dealkylation sites (tertiary alicyclic amines) is 1. The van der Waals surface area contributed by atoms with Crippen molar-refractivity contribution in [3.05, 3.63) is 75.6 Å². The van der Waals surface area contributed by atoms with E-state index in [0.717, 1.165) is 34.9 Å². The van der Waals surface area contributed by atoms with Gasteiger partial charge in [-0.1, -0.05) is 18.2 Å². The third kappa shape index (κ3) is 4.69. The maximum absolute atomic E-state index is 13.3. The number of benzene rings is 1. The first-order chi connectivity index (χ1) is 18.0. The molecule has 2 amide bonds. The minimum Gasteiger partial charge on any atom is -0.338 e. The number of rotatable bonds is 6. The van der Waals surface area contributed by atoms with E-state index in [2.05, 4.69) is 20.5 Å². The summed E-state index contributed by atoms with van der Waals surface area (Å²) in [6.07, 6.45) is 5.64. The van der Waals surface area contributed by atoms with E-state index in [-0.39, 0.29) is 17.7 Å². The summed E-state index contributed by atoms with van der Waals surface area (Å²) in [7, 11) is 1.84. The first-order valence-electron chi connectivity index (χ1n) is 12.7. The SMILES string of the molecule is Cc1c(C(=O)N2CCC(c3nc(C(=O)Nc4cc(C5CC5)nn4C)cs3)CC2)cnn1-c1ccccc1. The standard InChI is InChI=1S/C27H29N7O2S/c1-17-21(15-28-34(17)20-6-4-3-5-7-20)27(36)33-12-10-19(11-13-33)26-29-23(16-37-26)25(35)30-24-14-22(18-8-9-18)31-32(24)2/h3-7,14-16,18-19H,8-13H2,1-2H3,(H,30,35). The van der Waals surface area contributed by atoms with Crippen LogP contribution in [0.5, 0.6) is 0 Å². The molecular formula is C27H29N7O2S. The van der Waals surface area contributed by atoms with E-state index in [1.54, 1.807) is 15.6 Å². The van der Waals surface area contributed by atoms with Crippen LogP contribution in [0.4, 0.5) is 5.82 Å². The lowest BCUT2D eigenvalue weighted by atomic mass is 9.97. The predicted octanol–water partition coefficient (Wildman–Crippen LogP) is 4.52. The van der Waals surface area contributed by atoms with Crippen LogP contribution >= 0.6 is 11.3 Å². The maximum Gasteiger partial charge on any atom is 0.276 e. The highest BCUT2D eigenvalue weighted by atomic mass is 32.1. The number of aromatic nitrogens is 5. The zero-order valence-corrected chi connectivity index (χ0v) is 21.7. The number of aryl methyl sites for hydroxylation is 1. The van der Waals surface area contributed by atoms with Gasteiger partial charge in [0.1, 0.15) is 11.5 Å². The average Bonchev–Trinajstić information content (AvgIpc) is 3.34. The Kier molecular flexibility index (Phi) is 6.11. The van der Waals surface area contributed by atoms with Gasteiger partial charge in [0.05, 0.1) is 33.8 Å². The van der Waals surface area contributed by atoms with Crippen LogP contribution in [0.2, 0.25) is 0 Å². The van der Waals surface area contributed by atoms with Crippen LogP contribution in [0.25, 0.3) is 5.69 Å². The monoisotopic (exact) mass is 515 g/mol. The molecule has 1 aromatic carbocycles. The zero-order valence-electron chi connectivity index (χ0n) is 20.9. The number of carbonyl (C=O) groups excluding carboxylic acids is 2. The average molecular weight is 516 g/mol. The Morgan fingerprint density at radius 3 is 2.54 bits per heavy atom. The molecule has 0 spiro atoms. The molecule has 6 rings (SSSR count). The van der Waals surface area contributed by atoms with Crippen molar-refractivity contribution in [1.82, 2.24) is 29.4 Å². The summed E-state index contributed by atoms with van der Waals surface area (Å²) in [5.41, 5.74) is 3.88. The summed E-state index contributed by atoms with van der Waals surface area (Å²) in [4.78, 5) is 32.6. The normalized spacial score (nSPS) is 16.2. The van der Waals surface area contributed by atoms with Gasteiger partial charge in [0.25, 0.3) is 11.8 Å². The van der Waals surface area contributed by atoms with Crippen LogP contribution in [0.1, 0.15) is 74.8 Å². The molecule has 37 heavy (non-hydrogen) atoms. The van der Waals surface area contributed by atoms with E-state index in [1.807, 2.05) is 60.6 Å².